The maximum absolute atomic E-state index is 12.8. The summed E-state index contributed by atoms with van der Waals surface area (Å²) in [6.07, 6.45) is -9.95. The number of halogens is 6. The van der Waals surface area contributed by atoms with Crippen LogP contribution < -0.4 is 5.43 Å². The molecule has 0 bridgehead atoms. The summed E-state index contributed by atoms with van der Waals surface area (Å²) in [4.78, 5) is 11.5. The van der Waals surface area contributed by atoms with Gasteiger partial charge in [0, 0.05) is 6.07 Å². The number of carbonyl (C=O) groups excluding carboxylic acids is 1. The Balaban J connectivity index is 2.28. The van der Waals surface area contributed by atoms with Gasteiger partial charge in [0.25, 0.3) is 0 Å². The van der Waals surface area contributed by atoms with Gasteiger partial charge in [0.2, 0.25) is 0 Å². The standard InChI is InChI=1S/C16H13F6N3O3/c1-3-27-14(26)12-7-13(28-25-12)8(2)23-24-11-5-9(15(17,18)19)4-10(6-11)16(20,21)22/h4-7,24H,3H2,1-2H3. The van der Waals surface area contributed by atoms with Gasteiger partial charge >= 0.3 is 18.3 Å². The molecule has 0 radical (unpaired) electrons. The van der Waals surface area contributed by atoms with Crippen molar-refractivity contribution in [2.45, 2.75) is 26.2 Å². The smallest absolute Gasteiger partial charge is 0.416 e. The summed E-state index contributed by atoms with van der Waals surface area (Å²) in [5.74, 6) is -0.787. The number of ether oxygens (including phenoxy) is 1. The van der Waals surface area contributed by atoms with E-state index in [1.54, 1.807) is 6.92 Å². The van der Waals surface area contributed by atoms with Gasteiger partial charge in [-0.25, -0.2) is 4.79 Å². The lowest BCUT2D eigenvalue weighted by molar-refractivity contribution is -0.143. The number of nitrogens with one attached hydrogen (secondary N) is 1. The van der Waals surface area contributed by atoms with E-state index in [1.165, 1.54) is 13.0 Å². The predicted octanol–water partition coefficient (Wildman–Crippen LogP) is 4.73. The predicted molar refractivity (Wildman–Crippen MR) is 84.7 cm³/mol. The van der Waals surface area contributed by atoms with E-state index < -0.39 is 35.1 Å². The van der Waals surface area contributed by atoms with Crippen LogP contribution in [0, 0.1) is 0 Å². The van der Waals surface area contributed by atoms with Gasteiger partial charge in [-0.1, -0.05) is 5.16 Å². The first-order chi connectivity index (χ1) is 12.9. The highest BCUT2D eigenvalue weighted by atomic mass is 19.4. The van der Waals surface area contributed by atoms with E-state index in [1.807, 2.05) is 0 Å². The molecule has 1 heterocycles. The van der Waals surface area contributed by atoms with Crippen LogP contribution in [0.25, 0.3) is 0 Å². The molecule has 0 atom stereocenters. The van der Waals surface area contributed by atoms with E-state index in [-0.39, 0.29) is 29.8 Å². The summed E-state index contributed by atoms with van der Waals surface area (Å²) in [6, 6.07) is 2.14. The zero-order valence-electron chi connectivity index (χ0n) is 14.4. The fourth-order valence-electron chi connectivity index (χ4n) is 1.97. The minimum atomic E-state index is -4.98. The third kappa shape index (κ3) is 5.24. The zero-order chi connectivity index (χ0) is 21.1. The van der Waals surface area contributed by atoms with Gasteiger partial charge in [-0.15, -0.1) is 0 Å². The number of anilines is 1. The lowest BCUT2D eigenvalue weighted by Gasteiger charge is -2.14. The molecule has 28 heavy (non-hydrogen) atoms. The van der Waals surface area contributed by atoms with Gasteiger partial charge in [-0.3, -0.25) is 5.43 Å². The number of esters is 1. The average molecular weight is 409 g/mol. The van der Waals surface area contributed by atoms with Crippen molar-refractivity contribution in [2.24, 2.45) is 5.10 Å². The second kappa shape index (κ2) is 7.90. The zero-order valence-corrected chi connectivity index (χ0v) is 14.4. The molecule has 0 saturated carbocycles. The van der Waals surface area contributed by atoms with Crippen LogP contribution in [0.2, 0.25) is 0 Å². The Morgan fingerprint density at radius 3 is 2.18 bits per heavy atom. The number of nitrogens with zero attached hydrogens (tertiary/aromatic N) is 2. The van der Waals surface area contributed by atoms with E-state index >= 15 is 0 Å². The molecule has 0 saturated heterocycles. The number of benzene rings is 1. The van der Waals surface area contributed by atoms with Crippen LogP contribution in [0.5, 0.6) is 0 Å². The molecule has 0 aliphatic rings. The topological polar surface area (TPSA) is 76.7 Å². The van der Waals surface area contributed by atoms with Crippen LogP contribution in [0.3, 0.4) is 0 Å². The summed E-state index contributed by atoms with van der Waals surface area (Å²) in [6.45, 7) is 3.03. The van der Waals surface area contributed by atoms with Crippen molar-refractivity contribution in [1.82, 2.24) is 5.16 Å². The maximum atomic E-state index is 12.8. The van der Waals surface area contributed by atoms with Crippen LogP contribution in [0.1, 0.15) is 41.2 Å². The molecule has 1 aromatic heterocycles. The fourth-order valence-corrected chi connectivity index (χ4v) is 1.97. The van der Waals surface area contributed by atoms with Crippen molar-refractivity contribution in [1.29, 1.82) is 0 Å². The Hall–Kier alpha value is -3.05. The van der Waals surface area contributed by atoms with E-state index in [0.717, 1.165) is 0 Å². The first kappa shape index (κ1) is 21.3. The van der Waals surface area contributed by atoms with Crippen LogP contribution in [-0.4, -0.2) is 23.4 Å². The molecule has 0 fully saturated rings. The number of hydrogen-bond donors (Lipinski definition) is 1. The number of hydrazone groups is 1. The molecule has 0 amide bonds. The van der Waals surface area contributed by atoms with E-state index in [9.17, 15) is 31.1 Å². The molecule has 0 spiro atoms. The van der Waals surface area contributed by atoms with Crippen molar-refractivity contribution in [3.8, 4) is 0 Å². The monoisotopic (exact) mass is 409 g/mol. The van der Waals surface area contributed by atoms with Crippen molar-refractivity contribution in [3.63, 3.8) is 0 Å². The largest absolute Gasteiger partial charge is 0.461 e. The molecule has 0 aliphatic heterocycles. The number of alkyl halides is 6. The van der Waals surface area contributed by atoms with Crippen LogP contribution >= 0.6 is 0 Å². The SMILES string of the molecule is CCOC(=O)c1cc(C(C)=NNc2cc(C(F)(F)F)cc(C(F)(F)F)c2)on1. The molecule has 0 unspecified atom stereocenters. The highest BCUT2D eigenvalue weighted by molar-refractivity contribution is 5.98. The quantitative estimate of drug-likeness (QED) is 0.335. The normalized spacial score (nSPS) is 12.8. The Bertz CT molecular complexity index is 854. The second-order valence-corrected chi connectivity index (χ2v) is 5.40. The summed E-state index contributed by atoms with van der Waals surface area (Å²) < 4.78 is 86.6. The first-order valence-electron chi connectivity index (χ1n) is 7.65. The summed E-state index contributed by atoms with van der Waals surface area (Å²) in [5, 5.41) is 7.12. The maximum Gasteiger partial charge on any atom is 0.416 e. The first-order valence-corrected chi connectivity index (χ1v) is 7.65. The number of hydrogen-bond acceptors (Lipinski definition) is 6. The van der Waals surface area contributed by atoms with E-state index in [4.69, 9.17) is 9.26 Å². The summed E-state index contributed by atoms with van der Waals surface area (Å²) in [7, 11) is 0. The molecule has 0 aliphatic carbocycles. The average Bonchev–Trinajstić information content (AvgIpc) is 3.08. The molecule has 1 N–H and O–H groups in total. The third-order valence-electron chi connectivity index (χ3n) is 3.29. The molecule has 6 nitrogen and oxygen atoms in total. The molecule has 12 heteroatoms. The number of aromatic nitrogens is 1. The molecular formula is C16H13F6N3O3. The Labute approximate surface area is 154 Å². The lowest BCUT2D eigenvalue weighted by atomic mass is 10.1. The Kier molecular flexibility index (Phi) is 6.00. The third-order valence-corrected chi connectivity index (χ3v) is 3.29. The van der Waals surface area contributed by atoms with Crippen LogP contribution in [0.4, 0.5) is 32.0 Å². The fraction of sp³-hybridized carbons (Fsp3) is 0.312. The van der Waals surface area contributed by atoms with Crippen molar-refractivity contribution in [3.05, 3.63) is 46.8 Å². The minimum absolute atomic E-state index is 0.00379. The highest BCUT2D eigenvalue weighted by Crippen LogP contribution is 2.37. The van der Waals surface area contributed by atoms with Crippen molar-refractivity contribution < 1.29 is 40.4 Å². The van der Waals surface area contributed by atoms with Gasteiger partial charge in [-0.05, 0) is 32.0 Å². The van der Waals surface area contributed by atoms with Gasteiger partial charge in [0.05, 0.1) is 23.4 Å². The van der Waals surface area contributed by atoms with Crippen LogP contribution in [0.15, 0.2) is 33.9 Å². The number of rotatable bonds is 5. The molecular weight excluding hydrogens is 396 g/mol. The highest BCUT2D eigenvalue weighted by Gasteiger charge is 2.37. The van der Waals surface area contributed by atoms with Gasteiger partial charge in [0.1, 0.15) is 5.71 Å². The van der Waals surface area contributed by atoms with E-state index in [0.29, 0.717) is 12.1 Å². The van der Waals surface area contributed by atoms with E-state index in [2.05, 4.69) is 15.7 Å². The molecule has 2 rings (SSSR count). The molecule has 152 valence electrons. The van der Waals surface area contributed by atoms with Gasteiger partial charge in [-0.2, -0.15) is 31.4 Å². The Morgan fingerprint density at radius 1 is 1.11 bits per heavy atom. The molecule has 2 aromatic rings. The minimum Gasteiger partial charge on any atom is -0.461 e. The number of carbonyl (C=O) groups is 1. The van der Waals surface area contributed by atoms with Crippen molar-refractivity contribution >= 4 is 17.4 Å². The van der Waals surface area contributed by atoms with Gasteiger partial charge in [0.15, 0.2) is 11.5 Å². The van der Waals surface area contributed by atoms with Crippen LogP contribution in [-0.2, 0) is 17.1 Å². The lowest BCUT2D eigenvalue weighted by Crippen LogP contribution is -2.11. The molecule has 1 aromatic carbocycles. The van der Waals surface area contributed by atoms with Crippen molar-refractivity contribution in [2.75, 3.05) is 12.0 Å². The summed E-state index contributed by atoms with van der Waals surface area (Å²) in [5.41, 5.74) is -1.53. The second-order valence-electron chi connectivity index (χ2n) is 5.40. The summed E-state index contributed by atoms with van der Waals surface area (Å²) >= 11 is 0. The Morgan fingerprint density at radius 2 is 1.68 bits per heavy atom. The van der Waals surface area contributed by atoms with Gasteiger partial charge < -0.3 is 9.26 Å².